The van der Waals surface area contributed by atoms with Gasteiger partial charge in [-0.2, -0.15) is 5.26 Å². The largest absolute Gasteiger partial charge is 0.325 e. The molecule has 0 aliphatic rings. The van der Waals surface area contributed by atoms with Crippen LogP contribution in [0.2, 0.25) is 0 Å². The Morgan fingerprint density at radius 1 is 1.19 bits per heavy atom. The molecule has 0 fully saturated rings. The Kier molecular flexibility index (Phi) is 5.69. The number of hydrogen-bond acceptors (Lipinski definition) is 5. The van der Waals surface area contributed by atoms with Crippen LogP contribution in [0.3, 0.4) is 0 Å². The van der Waals surface area contributed by atoms with Crippen molar-refractivity contribution in [3.63, 3.8) is 0 Å². The van der Waals surface area contributed by atoms with Crippen molar-refractivity contribution < 1.29 is 4.79 Å². The van der Waals surface area contributed by atoms with Gasteiger partial charge in [0.25, 0.3) is 5.56 Å². The fraction of sp³-hybridized carbons (Fsp3) is 0.100. The first-order valence-electron chi connectivity index (χ1n) is 8.16. The van der Waals surface area contributed by atoms with Crippen molar-refractivity contribution in [1.82, 2.24) is 9.97 Å². The fourth-order valence-electron chi connectivity index (χ4n) is 2.40. The molecule has 0 unspecified atom stereocenters. The molecule has 1 aromatic heterocycles. The number of aryl methyl sites for hydroxylation is 1. The number of hydrogen-bond donors (Lipinski definition) is 2. The molecule has 0 saturated heterocycles. The molecular weight excluding hydrogens is 360 g/mol. The number of para-hydroxylation sites is 1. The summed E-state index contributed by atoms with van der Waals surface area (Å²) in [5.74, 6) is -0.132. The van der Waals surface area contributed by atoms with Crippen molar-refractivity contribution in [2.24, 2.45) is 0 Å². The number of aromatic nitrogens is 2. The number of H-pyrrole nitrogens is 1. The molecule has 0 radical (unpaired) electrons. The number of amides is 1. The van der Waals surface area contributed by atoms with E-state index in [9.17, 15) is 14.9 Å². The first-order chi connectivity index (χ1) is 13.1. The Labute approximate surface area is 160 Å². The minimum atomic E-state index is -0.519. The quantitative estimate of drug-likeness (QED) is 0.526. The molecular formula is C20H16N4O2S. The minimum Gasteiger partial charge on any atom is -0.325 e. The number of carbonyl (C=O) groups is 1. The van der Waals surface area contributed by atoms with Gasteiger partial charge in [0.2, 0.25) is 5.91 Å². The second-order valence-electron chi connectivity index (χ2n) is 5.78. The van der Waals surface area contributed by atoms with Gasteiger partial charge in [0, 0.05) is 11.3 Å². The molecule has 0 aliphatic heterocycles. The topological polar surface area (TPSA) is 98.6 Å². The van der Waals surface area contributed by atoms with Gasteiger partial charge in [-0.3, -0.25) is 9.59 Å². The zero-order chi connectivity index (χ0) is 19.2. The lowest BCUT2D eigenvalue weighted by Gasteiger charge is -2.07. The fourth-order valence-corrected chi connectivity index (χ4v) is 3.06. The highest BCUT2D eigenvalue weighted by molar-refractivity contribution is 7.99. The summed E-state index contributed by atoms with van der Waals surface area (Å²) in [4.78, 5) is 31.3. The van der Waals surface area contributed by atoms with Crippen molar-refractivity contribution in [2.45, 2.75) is 12.1 Å². The molecule has 0 atom stereocenters. The number of nitrogens with zero attached hydrogens (tertiary/aromatic N) is 2. The highest BCUT2D eigenvalue weighted by Crippen LogP contribution is 2.22. The van der Waals surface area contributed by atoms with Crippen molar-refractivity contribution in [1.29, 1.82) is 5.26 Å². The van der Waals surface area contributed by atoms with E-state index >= 15 is 0 Å². The third-order valence-electron chi connectivity index (χ3n) is 3.73. The second-order valence-corrected chi connectivity index (χ2v) is 6.74. The summed E-state index contributed by atoms with van der Waals surface area (Å²) < 4.78 is 0. The Bertz CT molecular complexity index is 1050. The van der Waals surface area contributed by atoms with Gasteiger partial charge in [0.1, 0.15) is 11.6 Å². The summed E-state index contributed by atoms with van der Waals surface area (Å²) >= 11 is 1.10. The van der Waals surface area contributed by atoms with E-state index < -0.39 is 5.56 Å². The molecule has 0 saturated carbocycles. The van der Waals surface area contributed by atoms with Gasteiger partial charge in [-0.15, -0.1) is 0 Å². The molecule has 0 bridgehead atoms. The molecule has 0 aliphatic carbocycles. The van der Waals surface area contributed by atoms with E-state index in [1.807, 2.05) is 55.5 Å². The molecule has 2 N–H and O–H groups in total. The van der Waals surface area contributed by atoms with E-state index in [1.54, 1.807) is 12.1 Å². The van der Waals surface area contributed by atoms with Crippen LogP contribution in [0.4, 0.5) is 5.69 Å². The predicted octanol–water partition coefficient (Wildman–Crippen LogP) is 3.35. The first kappa shape index (κ1) is 18.4. The summed E-state index contributed by atoms with van der Waals surface area (Å²) in [6.07, 6.45) is 0. The lowest BCUT2D eigenvalue weighted by molar-refractivity contribution is -0.113. The average Bonchev–Trinajstić information content (AvgIpc) is 2.67. The van der Waals surface area contributed by atoms with E-state index in [0.717, 1.165) is 17.3 Å². The summed E-state index contributed by atoms with van der Waals surface area (Å²) in [7, 11) is 0. The highest BCUT2D eigenvalue weighted by atomic mass is 32.2. The van der Waals surface area contributed by atoms with Crippen LogP contribution in [-0.2, 0) is 4.79 Å². The molecule has 3 rings (SSSR count). The van der Waals surface area contributed by atoms with Crippen molar-refractivity contribution in [2.75, 3.05) is 11.1 Å². The van der Waals surface area contributed by atoms with E-state index in [4.69, 9.17) is 0 Å². The monoisotopic (exact) mass is 376 g/mol. The number of benzene rings is 2. The number of rotatable bonds is 5. The number of carbonyl (C=O) groups excluding carboxylic acids is 1. The van der Waals surface area contributed by atoms with Crippen molar-refractivity contribution in [3.05, 3.63) is 76.1 Å². The standard InChI is InChI=1S/C20H16N4O2S/c1-13-7-9-14(10-8-13)18-16(11-21)19(26)24-20(23-18)27-12-17(25)22-15-5-3-2-4-6-15/h2-10H,12H2,1H3,(H,22,25)(H,23,24,26). The molecule has 6 nitrogen and oxygen atoms in total. The Morgan fingerprint density at radius 3 is 2.56 bits per heavy atom. The lowest BCUT2D eigenvalue weighted by atomic mass is 10.1. The van der Waals surface area contributed by atoms with Crippen LogP contribution in [0.15, 0.2) is 64.5 Å². The molecule has 2 aromatic carbocycles. The lowest BCUT2D eigenvalue weighted by Crippen LogP contribution is -2.17. The SMILES string of the molecule is Cc1ccc(-c2nc(SCC(=O)Nc3ccccc3)[nH]c(=O)c2C#N)cc1. The maximum atomic E-state index is 12.2. The van der Waals surface area contributed by atoms with Crippen LogP contribution < -0.4 is 10.9 Å². The van der Waals surface area contributed by atoms with Gasteiger partial charge in [-0.1, -0.05) is 59.8 Å². The summed E-state index contributed by atoms with van der Waals surface area (Å²) in [6.45, 7) is 1.95. The zero-order valence-corrected chi connectivity index (χ0v) is 15.3. The molecule has 27 heavy (non-hydrogen) atoms. The van der Waals surface area contributed by atoms with Crippen molar-refractivity contribution >= 4 is 23.4 Å². The summed E-state index contributed by atoms with van der Waals surface area (Å²) in [5, 5.41) is 12.4. The molecule has 0 spiro atoms. The maximum absolute atomic E-state index is 12.2. The van der Waals surface area contributed by atoms with Crippen molar-refractivity contribution in [3.8, 4) is 17.3 Å². The summed E-state index contributed by atoms with van der Waals surface area (Å²) in [5.41, 5.74) is 2.19. The van der Waals surface area contributed by atoms with Crippen LogP contribution in [0.5, 0.6) is 0 Å². The smallest absolute Gasteiger partial charge is 0.270 e. The van der Waals surface area contributed by atoms with Crippen LogP contribution in [0, 0.1) is 18.3 Å². The normalized spacial score (nSPS) is 10.2. The highest BCUT2D eigenvalue weighted by Gasteiger charge is 2.14. The van der Waals surface area contributed by atoms with Crippen LogP contribution in [0.25, 0.3) is 11.3 Å². The minimum absolute atomic E-state index is 0.0445. The van der Waals surface area contributed by atoms with Gasteiger partial charge in [-0.25, -0.2) is 4.98 Å². The Balaban J connectivity index is 1.80. The first-order valence-corrected chi connectivity index (χ1v) is 9.14. The van der Waals surface area contributed by atoms with Gasteiger partial charge in [0.05, 0.1) is 11.4 Å². The number of nitriles is 1. The Hall–Kier alpha value is -3.37. The summed E-state index contributed by atoms with van der Waals surface area (Å²) in [6, 6.07) is 18.4. The van der Waals surface area contributed by atoms with Gasteiger partial charge in [0.15, 0.2) is 5.16 Å². The molecule has 7 heteroatoms. The van der Waals surface area contributed by atoms with E-state index in [0.29, 0.717) is 16.9 Å². The van der Waals surface area contributed by atoms with Crippen LogP contribution in [0.1, 0.15) is 11.1 Å². The molecule has 3 aromatic rings. The third-order valence-corrected chi connectivity index (χ3v) is 4.61. The third kappa shape index (κ3) is 4.63. The number of anilines is 1. The molecule has 1 heterocycles. The number of nitrogens with one attached hydrogen (secondary N) is 2. The van der Waals surface area contributed by atoms with E-state index in [1.165, 1.54) is 0 Å². The maximum Gasteiger partial charge on any atom is 0.270 e. The van der Waals surface area contributed by atoms with Gasteiger partial charge in [-0.05, 0) is 19.1 Å². The van der Waals surface area contributed by atoms with E-state index in [-0.39, 0.29) is 22.4 Å². The van der Waals surface area contributed by atoms with E-state index in [2.05, 4.69) is 15.3 Å². The second kappa shape index (κ2) is 8.34. The van der Waals surface area contributed by atoms with Gasteiger partial charge >= 0.3 is 0 Å². The zero-order valence-electron chi connectivity index (χ0n) is 14.5. The average molecular weight is 376 g/mol. The van der Waals surface area contributed by atoms with Crippen LogP contribution in [-0.4, -0.2) is 21.6 Å². The van der Waals surface area contributed by atoms with Gasteiger partial charge < -0.3 is 10.3 Å². The predicted molar refractivity (Wildman–Crippen MR) is 106 cm³/mol. The molecule has 134 valence electrons. The Morgan fingerprint density at radius 2 is 1.89 bits per heavy atom. The number of thioether (sulfide) groups is 1. The number of aromatic amines is 1. The molecule has 1 amide bonds. The van der Waals surface area contributed by atoms with Crippen LogP contribution >= 0.6 is 11.8 Å².